The van der Waals surface area contributed by atoms with Crippen LogP contribution in [0.5, 0.6) is 0 Å². The van der Waals surface area contributed by atoms with Crippen LogP contribution in [0.3, 0.4) is 0 Å². The normalized spacial score (nSPS) is 20.7. The Morgan fingerprint density at radius 3 is 3.06 bits per heavy atom. The van der Waals surface area contributed by atoms with E-state index in [4.69, 9.17) is 5.11 Å². The van der Waals surface area contributed by atoms with Crippen molar-refractivity contribution < 1.29 is 9.90 Å². The summed E-state index contributed by atoms with van der Waals surface area (Å²) in [4.78, 5) is 17.2. The highest BCUT2D eigenvalue weighted by Gasteiger charge is 2.25. The van der Waals surface area contributed by atoms with Gasteiger partial charge in [0, 0.05) is 19.0 Å². The number of likely N-dealkylation sites (tertiary alicyclic amines) is 1. The fourth-order valence-corrected chi connectivity index (χ4v) is 2.49. The van der Waals surface area contributed by atoms with Crippen LogP contribution in [-0.4, -0.2) is 43.8 Å². The number of hydrogen-bond donors (Lipinski definition) is 1. The van der Waals surface area contributed by atoms with E-state index in [1.54, 1.807) is 6.33 Å². The summed E-state index contributed by atoms with van der Waals surface area (Å²) in [6.07, 6.45) is 2.82. The molecular weight excluding hydrogens is 232 g/mol. The molecule has 0 aliphatic carbocycles. The molecule has 0 amide bonds. The molecule has 1 aliphatic heterocycles. The second-order valence-electron chi connectivity index (χ2n) is 5.20. The van der Waals surface area contributed by atoms with Gasteiger partial charge in [-0.3, -0.25) is 9.69 Å². The zero-order valence-corrected chi connectivity index (χ0v) is 10.9. The molecule has 1 aromatic rings. The van der Waals surface area contributed by atoms with Gasteiger partial charge in [-0.1, -0.05) is 0 Å². The topological polar surface area (TPSA) is 71.2 Å². The van der Waals surface area contributed by atoms with Crippen molar-refractivity contribution in [1.82, 2.24) is 19.7 Å². The highest BCUT2D eigenvalue weighted by molar-refractivity contribution is 5.67. The van der Waals surface area contributed by atoms with Crippen LogP contribution in [0.4, 0.5) is 0 Å². The van der Waals surface area contributed by atoms with Crippen molar-refractivity contribution in [3.63, 3.8) is 0 Å². The molecule has 6 heteroatoms. The van der Waals surface area contributed by atoms with Gasteiger partial charge in [0.05, 0.1) is 6.54 Å². The minimum Gasteiger partial charge on any atom is -0.481 e. The molecular formula is C12H20N4O2. The molecule has 0 bridgehead atoms. The third-order valence-corrected chi connectivity index (χ3v) is 3.33. The van der Waals surface area contributed by atoms with E-state index in [9.17, 15) is 4.79 Å². The van der Waals surface area contributed by atoms with Crippen molar-refractivity contribution >= 4 is 5.97 Å². The van der Waals surface area contributed by atoms with E-state index >= 15 is 0 Å². The zero-order valence-electron chi connectivity index (χ0n) is 10.9. The average molecular weight is 252 g/mol. The summed E-state index contributed by atoms with van der Waals surface area (Å²) < 4.78 is 1.92. The number of carboxylic acids is 1. The Hall–Kier alpha value is -1.43. The second-order valence-corrected chi connectivity index (χ2v) is 5.20. The lowest BCUT2D eigenvalue weighted by Crippen LogP contribution is -2.23. The number of nitrogens with zero attached hydrogens (tertiary/aromatic N) is 4. The molecule has 1 aliphatic rings. The van der Waals surface area contributed by atoms with E-state index in [0.717, 1.165) is 31.9 Å². The first-order valence-electron chi connectivity index (χ1n) is 6.38. The molecule has 1 N–H and O–H groups in total. The fraction of sp³-hybridized carbons (Fsp3) is 0.750. The Morgan fingerprint density at radius 2 is 2.39 bits per heavy atom. The van der Waals surface area contributed by atoms with Crippen molar-refractivity contribution in [1.29, 1.82) is 0 Å². The second kappa shape index (κ2) is 5.48. The summed E-state index contributed by atoms with van der Waals surface area (Å²) >= 11 is 0. The van der Waals surface area contributed by atoms with Crippen LogP contribution in [0.15, 0.2) is 6.33 Å². The predicted molar refractivity (Wildman–Crippen MR) is 66.0 cm³/mol. The van der Waals surface area contributed by atoms with E-state index in [2.05, 4.69) is 28.8 Å². The summed E-state index contributed by atoms with van der Waals surface area (Å²) in [6.45, 7) is 6.71. The van der Waals surface area contributed by atoms with Crippen molar-refractivity contribution in [2.45, 2.75) is 39.3 Å². The van der Waals surface area contributed by atoms with E-state index in [-0.39, 0.29) is 12.3 Å². The summed E-state index contributed by atoms with van der Waals surface area (Å²) in [5.41, 5.74) is 0. The Labute approximate surface area is 107 Å². The first-order chi connectivity index (χ1) is 8.56. The molecule has 1 aromatic heterocycles. The number of carbonyl (C=O) groups is 1. The summed E-state index contributed by atoms with van der Waals surface area (Å²) in [7, 11) is 0. The molecule has 1 atom stereocenters. The first-order valence-corrected chi connectivity index (χ1v) is 6.38. The van der Waals surface area contributed by atoms with Gasteiger partial charge < -0.3 is 5.11 Å². The zero-order chi connectivity index (χ0) is 13.1. The minimum absolute atomic E-state index is 0.271. The van der Waals surface area contributed by atoms with E-state index < -0.39 is 5.97 Å². The maximum atomic E-state index is 10.7. The van der Waals surface area contributed by atoms with Crippen molar-refractivity contribution in [3.8, 4) is 0 Å². The van der Waals surface area contributed by atoms with Gasteiger partial charge in [-0.25, -0.2) is 9.67 Å². The average Bonchev–Trinajstić information content (AvgIpc) is 2.87. The number of rotatable bonds is 5. The van der Waals surface area contributed by atoms with Crippen molar-refractivity contribution in [2.24, 2.45) is 5.92 Å². The van der Waals surface area contributed by atoms with E-state index in [1.807, 2.05) is 4.68 Å². The molecule has 100 valence electrons. The maximum absolute atomic E-state index is 10.7. The van der Waals surface area contributed by atoms with Gasteiger partial charge in [0.1, 0.15) is 12.2 Å². The molecule has 0 radical (unpaired) electrons. The number of aromatic nitrogens is 3. The highest BCUT2D eigenvalue weighted by Crippen LogP contribution is 2.21. The van der Waals surface area contributed by atoms with Crippen LogP contribution in [0.2, 0.25) is 0 Å². The molecule has 1 fully saturated rings. The number of aliphatic carboxylic acids is 1. The third-order valence-electron chi connectivity index (χ3n) is 3.33. The van der Waals surface area contributed by atoms with Crippen LogP contribution in [0.1, 0.15) is 38.6 Å². The molecule has 1 saturated heterocycles. The monoisotopic (exact) mass is 252 g/mol. The van der Waals surface area contributed by atoms with E-state index in [0.29, 0.717) is 6.04 Å². The van der Waals surface area contributed by atoms with Gasteiger partial charge in [0.25, 0.3) is 0 Å². The molecule has 1 unspecified atom stereocenters. The largest absolute Gasteiger partial charge is 0.481 e. The summed E-state index contributed by atoms with van der Waals surface area (Å²) in [5, 5.41) is 13.0. The minimum atomic E-state index is -0.702. The number of hydrogen-bond acceptors (Lipinski definition) is 4. The fourth-order valence-electron chi connectivity index (χ4n) is 2.49. The molecule has 2 rings (SSSR count). The summed E-state index contributed by atoms with van der Waals surface area (Å²) in [6, 6.07) is 0.305. The Balaban J connectivity index is 1.91. The molecule has 2 heterocycles. The highest BCUT2D eigenvalue weighted by atomic mass is 16.4. The maximum Gasteiger partial charge on any atom is 0.303 e. The van der Waals surface area contributed by atoms with Crippen molar-refractivity contribution in [2.75, 3.05) is 13.1 Å². The first kappa shape index (κ1) is 13.0. The molecule has 0 spiro atoms. The standard InChI is InChI=1S/C12H20N4O2/c1-9(2)16-11(13-8-14-16)7-15-4-3-10(6-15)5-12(17)18/h8-10H,3-7H2,1-2H3,(H,17,18). The SMILES string of the molecule is CC(C)n1ncnc1CN1CCC(CC(=O)O)C1. The lowest BCUT2D eigenvalue weighted by atomic mass is 10.1. The van der Waals surface area contributed by atoms with Crippen LogP contribution in [-0.2, 0) is 11.3 Å². The Bertz CT molecular complexity index is 416. The lowest BCUT2D eigenvalue weighted by Gasteiger charge is -2.16. The molecule has 0 aromatic carbocycles. The van der Waals surface area contributed by atoms with Crippen LogP contribution < -0.4 is 0 Å². The lowest BCUT2D eigenvalue weighted by molar-refractivity contribution is -0.138. The smallest absolute Gasteiger partial charge is 0.303 e. The Kier molecular flexibility index (Phi) is 3.96. The van der Waals surface area contributed by atoms with Crippen molar-refractivity contribution in [3.05, 3.63) is 12.2 Å². The number of carboxylic acid groups (broad SMARTS) is 1. The van der Waals surface area contributed by atoms with E-state index in [1.165, 1.54) is 0 Å². The Morgan fingerprint density at radius 1 is 1.61 bits per heavy atom. The van der Waals surface area contributed by atoms with Gasteiger partial charge in [-0.15, -0.1) is 0 Å². The summed E-state index contributed by atoms with van der Waals surface area (Å²) in [5.74, 6) is 0.533. The molecule has 18 heavy (non-hydrogen) atoms. The van der Waals surface area contributed by atoms with Gasteiger partial charge in [0.15, 0.2) is 0 Å². The van der Waals surface area contributed by atoms with Gasteiger partial charge in [0.2, 0.25) is 0 Å². The van der Waals surface area contributed by atoms with Crippen LogP contribution in [0.25, 0.3) is 0 Å². The van der Waals surface area contributed by atoms with Crippen LogP contribution in [0, 0.1) is 5.92 Å². The van der Waals surface area contributed by atoms with Crippen LogP contribution >= 0.6 is 0 Å². The van der Waals surface area contributed by atoms with Gasteiger partial charge >= 0.3 is 5.97 Å². The quantitative estimate of drug-likeness (QED) is 0.851. The van der Waals surface area contributed by atoms with Gasteiger partial charge in [-0.2, -0.15) is 5.10 Å². The third kappa shape index (κ3) is 3.07. The van der Waals surface area contributed by atoms with Gasteiger partial charge in [-0.05, 0) is 32.7 Å². The predicted octanol–water partition coefficient (Wildman–Crippen LogP) is 1.16. The molecule has 0 saturated carbocycles. The molecule has 6 nitrogen and oxygen atoms in total.